The molecule has 1 aliphatic rings. The molecule has 0 spiro atoms. The third-order valence-electron chi connectivity index (χ3n) is 3.58. The number of carboxylic acid groups (broad SMARTS) is 1. The SMILES string of the molecule is O=C(O)CC1(NS(=O)(=O)c2cc(Cl)ccc2Cl)CCCC1. The molecule has 8 heteroatoms. The molecule has 0 amide bonds. The maximum atomic E-state index is 12.5. The van der Waals surface area contributed by atoms with Crippen LogP contribution >= 0.6 is 23.2 Å². The summed E-state index contributed by atoms with van der Waals surface area (Å²) < 4.78 is 27.5. The quantitative estimate of drug-likeness (QED) is 0.853. The zero-order valence-electron chi connectivity index (χ0n) is 11.1. The van der Waals surface area contributed by atoms with Crippen LogP contribution in [0.5, 0.6) is 0 Å². The van der Waals surface area contributed by atoms with Crippen LogP contribution < -0.4 is 4.72 Å². The molecule has 21 heavy (non-hydrogen) atoms. The normalized spacial score (nSPS) is 17.8. The summed E-state index contributed by atoms with van der Waals surface area (Å²) in [5.41, 5.74) is -0.948. The molecule has 5 nitrogen and oxygen atoms in total. The van der Waals surface area contributed by atoms with Crippen molar-refractivity contribution in [1.82, 2.24) is 4.72 Å². The number of aliphatic carboxylic acids is 1. The highest BCUT2D eigenvalue weighted by molar-refractivity contribution is 7.89. The summed E-state index contributed by atoms with van der Waals surface area (Å²) in [6.07, 6.45) is 2.33. The number of sulfonamides is 1. The van der Waals surface area contributed by atoms with Crippen LogP contribution in [0.25, 0.3) is 0 Å². The Bertz CT molecular complexity index is 654. The molecule has 1 aromatic carbocycles. The second-order valence-corrected chi connectivity index (χ2v) is 7.73. The van der Waals surface area contributed by atoms with Crippen LogP contribution in [0.4, 0.5) is 0 Å². The minimum absolute atomic E-state index is 0.0513. The molecule has 1 aromatic rings. The molecule has 0 aromatic heterocycles. The molecule has 2 rings (SSSR count). The maximum Gasteiger partial charge on any atom is 0.305 e. The predicted octanol–water partition coefficient (Wildman–Crippen LogP) is 3.06. The first-order valence-corrected chi connectivity index (χ1v) is 8.69. The van der Waals surface area contributed by atoms with E-state index in [1.807, 2.05) is 0 Å². The summed E-state index contributed by atoms with van der Waals surface area (Å²) in [6.45, 7) is 0. The number of nitrogens with one attached hydrogen (secondary N) is 1. The van der Waals surface area contributed by atoms with Crippen LogP contribution in [-0.2, 0) is 14.8 Å². The van der Waals surface area contributed by atoms with E-state index >= 15 is 0 Å². The fourth-order valence-electron chi connectivity index (χ4n) is 2.68. The minimum Gasteiger partial charge on any atom is -0.481 e. The number of carbonyl (C=O) groups is 1. The van der Waals surface area contributed by atoms with Crippen molar-refractivity contribution in [3.8, 4) is 0 Å². The molecule has 0 unspecified atom stereocenters. The van der Waals surface area contributed by atoms with Gasteiger partial charge in [-0.05, 0) is 31.0 Å². The van der Waals surface area contributed by atoms with Crippen molar-refractivity contribution in [2.24, 2.45) is 0 Å². The van der Waals surface area contributed by atoms with Crippen molar-refractivity contribution in [1.29, 1.82) is 0 Å². The van der Waals surface area contributed by atoms with E-state index in [1.165, 1.54) is 18.2 Å². The van der Waals surface area contributed by atoms with Gasteiger partial charge in [0.1, 0.15) is 4.90 Å². The van der Waals surface area contributed by atoms with E-state index in [-0.39, 0.29) is 21.4 Å². The van der Waals surface area contributed by atoms with Crippen LogP contribution in [0.2, 0.25) is 10.0 Å². The van der Waals surface area contributed by atoms with Crippen molar-refractivity contribution in [2.45, 2.75) is 42.5 Å². The molecule has 0 radical (unpaired) electrons. The lowest BCUT2D eigenvalue weighted by atomic mass is 9.95. The Morgan fingerprint density at radius 3 is 2.48 bits per heavy atom. The first kappa shape index (κ1) is 16.5. The number of rotatable bonds is 5. The Kier molecular flexibility index (Phi) is 4.82. The van der Waals surface area contributed by atoms with E-state index in [0.717, 1.165) is 12.8 Å². The molecule has 1 aliphatic carbocycles. The standard InChI is InChI=1S/C13H15Cl2NO4S/c14-9-3-4-10(15)11(7-9)21(19,20)16-13(8-12(17)18)5-1-2-6-13/h3-4,7,16H,1-2,5-6,8H2,(H,17,18). The molecule has 2 N–H and O–H groups in total. The first-order chi connectivity index (χ1) is 9.74. The van der Waals surface area contributed by atoms with Gasteiger partial charge in [0.25, 0.3) is 0 Å². The van der Waals surface area contributed by atoms with Gasteiger partial charge in [0.05, 0.1) is 11.4 Å². The molecular formula is C13H15Cl2NO4S. The summed E-state index contributed by atoms with van der Waals surface area (Å²) in [6, 6.07) is 4.15. The Morgan fingerprint density at radius 2 is 1.90 bits per heavy atom. The summed E-state index contributed by atoms with van der Waals surface area (Å²) in [5, 5.41) is 9.32. The Morgan fingerprint density at radius 1 is 1.29 bits per heavy atom. The molecule has 116 valence electrons. The van der Waals surface area contributed by atoms with Crippen molar-refractivity contribution >= 4 is 39.2 Å². The van der Waals surface area contributed by atoms with Gasteiger partial charge in [-0.15, -0.1) is 0 Å². The highest BCUT2D eigenvalue weighted by Crippen LogP contribution is 2.35. The van der Waals surface area contributed by atoms with Crippen LogP contribution in [0.15, 0.2) is 23.1 Å². The van der Waals surface area contributed by atoms with Crippen LogP contribution in [-0.4, -0.2) is 25.0 Å². The largest absolute Gasteiger partial charge is 0.481 e. The van der Waals surface area contributed by atoms with E-state index in [2.05, 4.69) is 4.72 Å². The molecule has 1 saturated carbocycles. The molecule has 1 fully saturated rings. The van der Waals surface area contributed by atoms with Gasteiger partial charge in [-0.3, -0.25) is 4.79 Å². The lowest BCUT2D eigenvalue weighted by molar-refractivity contribution is -0.138. The number of benzene rings is 1. The van der Waals surface area contributed by atoms with Crippen molar-refractivity contribution < 1.29 is 18.3 Å². The van der Waals surface area contributed by atoms with Crippen molar-refractivity contribution in [2.75, 3.05) is 0 Å². The summed E-state index contributed by atoms with van der Waals surface area (Å²) >= 11 is 11.7. The van der Waals surface area contributed by atoms with Crippen LogP contribution in [0.3, 0.4) is 0 Å². The molecule has 0 saturated heterocycles. The second kappa shape index (κ2) is 6.12. The summed E-state index contributed by atoms with van der Waals surface area (Å²) in [4.78, 5) is 10.9. The fraction of sp³-hybridized carbons (Fsp3) is 0.462. The molecular weight excluding hydrogens is 337 g/mol. The van der Waals surface area contributed by atoms with Crippen molar-refractivity contribution in [3.05, 3.63) is 28.2 Å². The van der Waals surface area contributed by atoms with Crippen molar-refractivity contribution in [3.63, 3.8) is 0 Å². The van der Waals surface area contributed by atoms with Gasteiger partial charge in [0.15, 0.2) is 0 Å². The van der Waals surface area contributed by atoms with Gasteiger partial charge < -0.3 is 5.11 Å². The average Bonchev–Trinajstić information content (AvgIpc) is 2.78. The monoisotopic (exact) mass is 351 g/mol. The average molecular weight is 352 g/mol. The Labute approximate surface area is 133 Å². The van der Waals surface area contributed by atoms with Gasteiger partial charge in [0.2, 0.25) is 10.0 Å². The van der Waals surface area contributed by atoms with Gasteiger partial charge >= 0.3 is 5.97 Å². The highest BCUT2D eigenvalue weighted by atomic mass is 35.5. The topological polar surface area (TPSA) is 83.5 Å². The lowest BCUT2D eigenvalue weighted by Crippen LogP contribution is -2.47. The van der Waals surface area contributed by atoms with Crippen LogP contribution in [0, 0.1) is 0 Å². The smallest absolute Gasteiger partial charge is 0.305 e. The van der Waals surface area contributed by atoms with E-state index in [0.29, 0.717) is 12.8 Å². The van der Waals surface area contributed by atoms with Crippen LogP contribution in [0.1, 0.15) is 32.1 Å². The Hall–Kier alpha value is -0.820. The fourth-order valence-corrected chi connectivity index (χ4v) is 4.90. The molecule has 0 heterocycles. The third kappa shape index (κ3) is 3.88. The third-order valence-corrected chi connectivity index (χ3v) is 5.88. The van der Waals surface area contributed by atoms with E-state index < -0.39 is 21.5 Å². The number of hydrogen-bond acceptors (Lipinski definition) is 3. The van der Waals surface area contributed by atoms with Gasteiger partial charge in [-0.1, -0.05) is 36.0 Å². The second-order valence-electron chi connectivity index (χ2n) is 5.24. The Balaban J connectivity index is 2.35. The maximum absolute atomic E-state index is 12.5. The lowest BCUT2D eigenvalue weighted by Gasteiger charge is -2.28. The van der Waals surface area contributed by atoms with E-state index in [4.69, 9.17) is 28.3 Å². The van der Waals surface area contributed by atoms with Gasteiger partial charge in [-0.25, -0.2) is 13.1 Å². The highest BCUT2D eigenvalue weighted by Gasteiger charge is 2.40. The van der Waals surface area contributed by atoms with E-state index in [9.17, 15) is 13.2 Å². The zero-order chi connectivity index (χ0) is 15.7. The minimum atomic E-state index is -3.93. The number of halogens is 2. The van der Waals surface area contributed by atoms with E-state index in [1.54, 1.807) is 0 Å². The molecule has 0 bridgehead atoms. The van der Waals surface area contributed by atoms with Gasteiger partial charge in [0, 0.05) is 10.6 Å². The zero-order valence-corrected chi connectivity index (χ0v) is 13.4. The van der Waals surface area contributed by atoms with Gasteiger partial charge in [-0.2, -0.15) is 0 Å². The summed E-state index contributed by atoms with van der Waals surface area (Å²) in [7, 11) is -3.93. The number of hydrogen-bond donors (Lipinski definition) is 2. The molecule has 0 aliphatic heterocycles. The summed E-state index contributed by atoms with van der Waals surface area (Å²) in [5.74, 6) is -1.03. The predicted molar refractivity (Wildman–Crippen MR) is 80.2 cm³/mol. The molecule has 0 atom stereocenters. The number of carboxylic acids is 1. The first-order valence-electron chi connectivity index (χ1n) is 6.45.